The molecule has 2 aromatic rings. The van der Waals surface area contributed by atoms with Gasteiger partial charge in [-0.1, -0.05) is 30.3 Å². The highest BCUT2D eigenvalue weighted by atomic mass is 32.2. The lowest BCUT2D eigenvalue weighted by Crippen LogP contribution is -2.42. The van der Waals surface area contributed by atoms with E-state index in [2.05, 4.69) is 10.0 Å². The van der Waals surface area contributed by atoms with E-state index in [0.717, 1.165) is 12.1 Å². The number of hydrogen-bond donors (Lipinski definition) is 4. The minimum absolute atomic E-state index is 0.0794. The number of Topliss-reactive ketones (excluding diaryl/α,β-unsaturated/α-hetero) is 1. The SMILES string of the molecule is O=C1CCNC1C(O)c1ccc(C[C@H](NS(=O)(=O)c2cccc(F)c2)C(=O)O)cc1. The lowest BCUT2D eigenvalue weighted by atomic mass is 9.97. The number of carbonyl (C=O) groups excluding carboxylic acids is 1. The number of hydrogen-bond acceptors (Lipinski definition) is 6. The van der Waals surface area contributed by atoms with Crippen LogP contribution < -0.4 is 10.0 Å². The van der Waals surface area contributed by atoms with Gasteiger partial charge in [-0.25, -0.2) is 12.8 Å². The maximum Gasteiger partial charge on any atom is 0.322 e. The van der Waals surface area contributed by atoms with Gasteiger partial charge in [-0.15, -0.1) is 0 Å². The molecule has 0 bridgehead atoms. The summed E-state index contributed by atoms with van der Waals surface area (Å²) in [4.78, 5) is 23.0. The van der Waals surface area contributed by atoms with Gasteiger partial charge in [0.2, 0.25) is 10.0 Å². The number of carboxylic acids is 1. The van der Waals surface area contributed by atoms with E-state index in [1.165, 1.54) is 12.1 Å². The van der Waals surface area contributed by atoms with Crippen LogP contribution in [0.5, 0.6) is 0 Å². The molecule has 0 spiro atoms. The molecular formula is C20H21FN2O6S. The summed E-state index contributed by atoms with van der Waals surface area (Å²) in [5.41, 5.74) is 0.990. The molecule has 30 heavy (non-hydrogen) atoms. The third-order valence-corrected chi connectivity index (χ3v) is 6.33. The van der Waals surface area contributed by atoms with Crippen LogP contribution in [0.15, 0.2) is 53.4 Å². The lowest BCUT2D eigenvalue weighted by molar-refractivity contribution is -0.139. The Balaban J connectivity index is 1.72. The first-order valence-corrected chi connectivity index (χ1v) is 10.7. The first-order valence-electron chi connectivity index (χ1n) is 9.21. The van der Waals surface area contributed by atoms with Crippen molar-refractivity contribution in [2.75, 3.05) is 6.54 Å². The van der Waals surface area contributed by atoms with Crippen molar-refractivity contribution in [3.63, 3.8) is 0 Å². The molecule has 2 aromatic carbocycles. The van der Waals surface area contributed by atoms with Crippen molar-refractivity contribution >= 4 is 21.8 Å². The van der Waals surface area contributed by atoms with Gasteiger partial charge in [-0.05, 0) is 35.7 Å². The number of sulfonamides is 1. The predicted octanol–water partition coefficient (Wildman–Crippen LogP) is 0.764. The number of nitrogens with one attached hydrogen (secondary N) is 2. The van der Waals surface area contributed by atoms with Gasteiger partial charge < -0.3 is 15.5 Å². The first-order chi connectivity index (χ1) is 14.2. The van der Waals surface area contributed by atoms with E-state index in [9.17, 15) is 32.6 Å². The number of carboxylic acid groups (broad SMARTS) is 1. The van der Waals surface area contributed by atoms with Crippen molar-refractivity contribution < 1.29 is 32.6 Å². The lowest BCUT2D eigenvalue weighted by Gasteiger charge is -2.18. The third-order valence-electron chi connectivity index (χ3n) is 4.86. The normalized spacial score (nSPS) is 18.9. The highest BCUT2D eigenvalue weighted by molar-refractivity contribution is 7.89. The monoisotopic (exact) mass is 436 g/mol. The largest absolute Gasteiger partial charge is 0.480 e. The van der Waals surface area contributed by atoms with E-state index in [1.54, 1.807) is 24.3 Å². The average Bonchev–Trinajstić information content (AvgIpc) is 3.13. The van der Waals surface area contributed by atoms with Crippen molar-refractivity contribution in [2.24, 2.45) is 0 Å². The van der Waals surface area contributed by atoms with Crippen molar-refractivity contribution in [3.05, 3.63) is 65.5 Å². The number of aliphatic hydroxyl groups excluding tert-OH is 1. The molecule has 0 aliphatic carbocycles. The summed E-state index contributed by atoms with van der Waals surface area (Å²) in [5, 5.41) is 22.7. The van der Waals surface area contributed by atoms with Crippen molar-refractivity contribution in [3.8, 4) is 0 Å². The Labute approximate surface area is 172 Å². The van der Waals surface area contributed by atoms with Crippen LogP contribution in [0.2, 0.25) is 0 Å². The van der Waals surface area contributed by atoms with Crippen LogP contribution in [-0.4, -0.2) is 49.0 Å². The fourth-order valence-electron chi connectivity index (χ4n) is 3.26. The summed E-state index contributed by atoms with van der Waals surface area (Å²) in [5.74, 6) is -2.22. The Hall–Kier alpha value is -2.66. The smallest absolute Gasteiger partial charge is 0.322 e. The summed E-state index contributed by atoms with van der Waals surface area (Å²) in [7, 11) is -4.24. The van der Waals surface area contributed by atoms with Gasteiger partial charge in [-0.2, -0.15) is 4.72 Å². The maximum absolute atomic E-state index is 13.3. The summed E-state index contributed by atoms with van der Waals surface area (Å²) < 4.78 is 40.2. The van der Waals surface area contributed by atoms with Crippen molar-refractivity contribution in [1.29, 1.82) is 0 Å². The average molecular weight is 436 g/mol. The summed E-state index contributed by atoms with van der Waals surface area (Å²) in [6.07, 6.45) is -0.845. The van der Waals surface area contributed by atoms with Crippen molar-refractivity contribution in [1.82, 2.24) is 10.0 Å². The van der Waals surface area contributed by atoms with Gasteiger partial charge in [0.1, 0.15) is 18.0 Å². The zero-order valence-electron chi connectivity index (χ0n) is 15.8. The molecule has 3 rings (SSSR count). The number of benzene rings is 2. The number of ketones is 1. The number of halogens is 1. The molecule has 4 N–H and O–H groups in total. The minimum Gasteiger partial charge on any atom is -0.480 e. The van der Waals surface area contributed by atoms with Gasteiger partial charge in [0.05, 0.1) is 10.9 Å². The Morgan fingerprint density at radius 2 is 1.93 bits per heavy atom. The van der Waals surface area contributed by atoms with Crippen molar-refractivity contribution in [2.45, 2.75) is 35.9 Å². The topological polar surface area (TPSA) is 133 Å². The van der Waals surface area contributed by atoms with Crippen LogP contribution in [0.3, 0.4) is 0 Å². The molecule has 1 fully saturated rings. The van der Waals surface area contributed by atoms with E-state index in [0.29, 0.717) is 24.1 Å². The molecule has 0 saturated carbocycles. The standard InChI is InChI=1S/C20H21FN2O6S/c21-14-2-1-3-15(11-14)30(28,29)23-16(20(26)27)10-12-4-6-13(7-5-12)19(25)18-17(24)8-9-22-18/h1-7,11,16,18-19,22-23,25H,8-10H2,(H,26,27)/t16-,18?,19?/m0/s1. The second-order valence-electron chi connectivity index (χ2n) is 7.01. The van der Waals surface area contributed by atoms with Crippen LogP contribution in [0, 0.1) is 5.82 Å². The zero-order valence-corrected chi connectivity index (χ0v) is 16.6. The fraction of sp³-hybridized carbons (Fsp3) is 0.300. The Kier molecular flexibility index (Phi) is 6.61. The maximum atomic E-state index is 13.3. The number of rotatable bonds is 8. The highest BCUT2D eigenvalue weighted by Crippen LogP contribution is 2.22. The molecular weight excluding hydrogens is 415 g/mol. The summed E-state index contributed by atoms with van der Waals surface area (Å²) in [6, 6.07) is 8.35. The Bertz CT molecular complexity index is 1040. The predicted molar refractivity (Wildman–Crippen MR) is 105 cm³/mol. The molecule has 1 saturated heterocycles. The van der Waals surface area contributed by atoms with E-state index in [-0.39, 0.29) is 17.1 Å². The molecule has 10 heteroatoms. The number of aliphatic hydroxyl groups is 1. The molecule has 3 atom stereocenters. The second kappa shape index (κ2) is 9.00. The van der Waals surface area contributed by atoms with E-state index in [1.807, 2.05) is 0 Å². The zero-order chi connectivity index (χ0) is 21.9. The van der Waals surface area contributed by atoms with E-state index in [4.69, 9.17) is 0 Å². The molecule has 160 valence electrons. The van der Waals surface area contributed by atoms with Crippen LogP contribution in [0.1, 0.15) is 23.7 Å². The van der Waals surface area contributed by atoms with Gasteiger partial charge in [0.15, 0.2) is 5.78 Å². The molecule has 2 unspecified atom stereocenters. The van der Waals surface area contributed by atoms with E-state index < -0.39 is 40.0 Å². The van der Waals surface area contributed by atoms with Crippen LogP contribution in [0.25, 0.3) is 0 Å². The van der Waals surface area contributed by atoms with Crippen LogP contribution in [0.4, 0.5) is 4.39 Å². The van der Waals surface area contributed by atoms with Gasteiger partial charge in [0.25, 0.3) is 0 Å². The number of aliphatic carboxylic acids is 1. The van der Waals surface area contributed by atoms with Gasteiger partial charge in [0, 0.05) is 13.0 Å². The van der Waals surface area contributed by atoms with Crippen LogP contribution in [-0.2, 0) is 26.0 Å². The Morgan fingerprint density at radius 3 is 2.50 bits per heavy atom. The molecule has 0 amide bonds. The van der Waals surface area contributed by atoms with Gasteiger partial charge in [-0.3, -0.25) is 9.59 Å². The van der Waals surface area contributed by atoms with Gasteiger partial charge >= 0.3 is 5.97 Å². The molecule has 1 aliphatic rings. The molecule has 1 heterocycles. The molecule has 8 nitrogen and oxygen atoms in total. The summed E-state index contributed by atoms with van der Waals surface area (Å²) in [6.45, 7) is 0.504. The highest BCUT2D eigenvalue weighted by Gasteiger charge is 2.31. The minimum atomic E-state index is -4.24. The Morgan fingerprint density at radius 1 is 1.23 bits per heavy atom. The molecule has 0 aromatic heterocycles. The quantitative estimate of drug-likeness (QED) is 0.480. The summed E-state index contributed by atoms with van der Waals surface area (Å²) >= 11 is 0. The second-order valence-corrected chi connectivity index (χ2v) is 8.72. The van der Waals surface area contributed by atoms with Crippen LogP contribution >= 0.6 is 0 Å². The molecule has 1 aliphatic heterocycles. The third kappa shape index (κ3) is 5.08. The van der Waals surface area contributed by atoms with E-state index >= 15 is 0 Å². The number of carbonyl (C=O) groups is 2. The fourth-order valence-corrected chi connectivity index (χ4v) is 4.48. The first kappa shape index (κ1) is 22.0. The molecule has 0 radical (unpaired) electrons.